The highest BCUT2D eigenvalue weighted by Crippen LogP contribution is 2.15. The highest BCUT2D eigenvalue weighted by atomic mass is 16.5. The van der Waals surface area contributed by atoms with Gasteiger partial charge in [-0.3, -0.25) is 4.90 Å². The van der Waals surface area contributed by atoms with Crippen molar-refractivity contribution in [2.24, 2.45) is 12.0 Å². The van der Waals surface area contributed by atoms with E-state index in [1.165, 1.54) is 19.4 Å². The Hall–Kier alpha value is -1.67. The molecule has 2 rings (SSSR count). The molecule has 0 aromatic carbocycles. The average Bonchev–Trinajstić information content (AvgIpc) is 3.20. The van der Waals surface area contributed by atoms with Gasteiger partial charge < -0.3 is 19.9 Å². The molecule has 1 saturated heterocycles. The van der Waals surface area contributed by atoms with Gasteiger partial charge in [-0.15, -0.1) is 10.2 Å². The number of methoxy groups -OCH3 is 1. The molecule has 0 amide bonds. The van der Waals surface area contributed by atoms with E-state index >= 15 is 0 Å². The first-order valence-electron chi connectivity index (χ1n) is 9.25. The molecule has 1 unspecified atom stereocenters. The third kappa shape index (κ3) is 5.97. The lowest BCUT2D eigenvalue weighted by Crippen LogP contribution is -2.45. The molecule has 0 radical (unpaired) electrons. The minimum Gasteiger partial charge on any atom is -0.385 e. The zero-order chi connectivity index (χ0) is 18.1. The quantitative estimate of drug-likeness (QED) is 0.387. The summed E-state index contributed by atoms with van der Waals surface area (Å²) >= 11 is 0. The number of guanidine groups is 1. The van der Waals surface area contributed by atoms with Crippen LogP contribution in [0.3, 0.4) is 0 Å². The number of nitrogens with zero attached hydrogens (tertiary/aromatic N) is 5. The van der Waals surface area contributed by atoms with Crippen LogP contribution in [0.5, 0.6) is 0 Å². The van der Waals surface area contributed by atoms with Gasteiger partial charge in [0.1, 0.15) is 12.4 Å². The van der Waals surface area contributed by atoms with E-state index in [1.54, 1.807) is 7.11 Å². The van der Waals surface area contributed by atoms with E-state index in [9.17, 15) is 0 Å². The Morgan fingerprint density at radius 1 is 1.36 bits per heavy atom. The van der Waals surface area contributed by atoms with Gasteiger partial charge in [-0.1, -0.05) is 6.92 Å². The molecular formula is C17H33N7O. The van der Waals surface area contributed by atoms with Crippen LogP contribution < -0.4 is 10.6 Å². The molecule has 8 heteroatoms. The van der Waals surface area contributed by atoms with E-state index in [-0.39, 0.29) is 0 Å². The molecule has 1 aliphatic rings. The van der Waals surface area contributed by atoms with Crippen molar-refractivity contribution in [3.63, 3.8) is 0 Å². The van der Waals surface area contributed by atoms with E-state index in [4.69, 9.17) is 4.74 Å². The fraction of sp³-hybridized carbons (Fsp3) is 0.824. The van der Waals surface area contributed by atoms with E-state index in [0.717, 1.165) is 50.3 Å². The number of nitrogens with one attached hydrogen (secondary N) is 2. The zero-order valence-electron chi connectivity index (χ0n) is 16.1. The monoisotopic (exact) mass is 351 g/mol. The summed E-state index contributed by atoms with van der Waals surface area (Å²) in [5.41, 5.74) is 0. The summed E-state index contributed by atoms with van der Waals surface area (Å²) in [6, 6.07) is 0.591. The van der Waals surface area contributed by atoms with Crippen molar-refractivity contribution >= 4 is 5.96 Å². The van der Waals surface area contributed by atoms with E-state index < -0.39 is 0 Å². The van der Waals surface area contributed by atoms with Crippen LogP contribution >= 0.6 is 0 Å². The Labute approximate surface area is 151 Å². The van der Waals surface area contributed by atoms with Crippen molar-refractivity contribution in [1.29, 1.82) is 0 Å². The van der Waals surface area contributed by atoms with Crippen molar-refractivity contribution < 1.29 is 4.74 Å². The van der Waals surface area contributed by atoms with Crippen molar-refractivity contribution in [2.45, 2.75) is 45.7 Å². The van der Waals surface area contributed by atoms with Crippen molar-refractivity contribution in [1.82, 2.24) is 30.3 Å². The summed E-state index contributed by atoms with van der Waals surface area (Å²) in [5, 5.41) is 15.2. The first kappa shape index (κ1) is 19.7. The van der Waals surface area contributed by atoms with Crippen molar-refractivity contribution in [3.8, 4) is 0 Å². The average molecular weight is 351 g/mol. The second kappa shape index (κ2) is 10.4. The number of rotatable bonds is 9. The molecular weight excluding hydrogens is 318 g/mol. The Bertz CT molecular complexity index is 543. The largest absolute Gasteiger partial charge is 0.385 e. The van der Waals surface area contributed by atoms with Gasteiger partial charge in [0.05, 0.1) is 0 Å². The van der Waals surface area contributed by atoms with Gasteiger partial charge in [0.15, 0.2) is 11.8 Å². The number of hydrogen-bond donors (Lipinski definition) is 2. The molecule has 0 aliphatic carbocycles. The number of aryl methyl sites for hydroxylation is 1. The third-order valence-electron chi connectivity index (χ3n) is 4.79. The molecule has 1 aromatic rings. The van der Waals surface area contributed by atoms with E-state index in [0.29, 0.717) is 12.6 Å². The van der Waals surface area contributed by atoms with Gasteiger partial charge >= 0.3 is 0 Å². The third-order valence-corrected chi connectivity index (χ3v) is 4.79. The molecule has 142 valence electrons. The topological polar surface area (TPSA) is 79.6 Å². The van der Waals surface area contributed by atoms with Crippen LogP contribution in [0.15, 0.2) is 4.99 Å². The Kier molecular flexibility index (Phi) is 8.14. The molecule has 8 nitrogen and oxygen atoms in total. The molecule has 25 heavy (non-hydrogen) atoms. The predicted molar refractivity (Wildman–Crippen MR) is 99.6 cm³/mol. The first-order valence-corrected chi connectivity index (χ1v) is 9.25. The van der Waals surface area contributed by atoms with Gasteiger partial charge in [0.25, 0.3) is 0 Å². The molecule has 1 atom stereocenters. The number of aromatic nitrogens is 3. The molecule has 0 spiro atoms. The minimum absolute atomic E-state index is 0.513. The molecule has 1 fully saturated rings. The van der Waals surface area contributed by atoms with Crippen molar-refractivity contribution in [2.75, 3.05) is 39.9 Å². The van der Waals surface area contributed by atoms with Gasteiger partial charge in [-0.25, -0.2) is 4.99 Å². The van der Waals surface area contributed by atoms with Crippen LogP contribution in [-0.2, 0) is 18.3 Å². The summed E-state index contributed by atoms with van der Waals surface area (Å²) in [4.78, 5) is 7.22. The number of likely N-dealkylation sites (tertiary alicyclic amines) is 1. The maximum Gasteiger partial charge on any atom is 0.191 e. The second-order valence-electron chi connectivity index (χ2n) is 6.47. The maximum absolute atomic E-state index is 5.11. The van der Waals surface area contributed by atoms with E-state index in [1.807, 2.05) is 18.5 Å². The van der Waals surface area contributed by atoms with Gasteiger partial charge in [0.2, 0.25) is 0 Å². The summed E-state index contributed by atoms with van der Waals surface area (Å²) in [5.74, 6) is 2.60. The summed E-state index contributed by atoms with van der Waals surface area (Å²) < 4.78 is 7.09. The molecule has 0 bridgehead atoms. The predicted octanol–water partition coefficient (Wildman–Crippen LogP) is 0.680. The van der Waals surface area contributed by atoms with Gasteiger partial charge in [-0.05, 0) is 39.3 Å². The number of likely N-dealkylation sites (N-methyl/N-ethyl adjacent to an activating group) is 1. The van der Waals surface area contributed by atoms with Crippen LogP contribution in [-0.4, -0.2) is 71.6 Å². The smallest absolute Gasteiger partial charge is 0.191 e. The highest BCUT2D eigenvalue weighted by molar-refractivity contribution is 5.79. The fourth-order valence-electron chi connectivity index (χ4n) is 3.09. The Balaban J connectivity index is 1.91. The van der Waals surface area contributed by atoms with E-state index in [2.05, 4.69) is 37.6 Å². The van der Waals surface area contributed by atoms with Crippen LogP contribution in [0.4, 0.5) is 0 Å². The lowest BCUT2D eigenvalue weighted by molar-refractivity contribution is 0.195. The van der Waals surface area contributed by atoms with Crippen LogP contribution in [0.1, 0.15) is 37.8 Å². The fourth-order valence-corrected chi connectivity index (χ4v) is 3.09. The SMILES string of the molecule is CCN1CCCC1CNC(=NCc1nnc(C)n1C)NCCCOC. The normalized spacial score (nSPS) is 18.7. The van der Waals surface area contributed by atoms with Crippen molar-refractivity contribution in [3.05, 3.63) is 11.6 Å². The zero-order valence-corrected chi connectivity index (χ0v) is 16.1. The molecule has 1 aliphatic heterocycles. The van der Waals surface area contributed by atoms with Gasteiger partial charge in [0, 0.05) is 39.9 Å². The van der Waals surface area contributed by atoms with Crippen LogP contribution in [0.2, 0.25) is 0 Å². The number of ether oxygens (including phenoxy) is 1. The first-order chi connectivity index (χ1) is 12.2. The van der Waals surface area contributed by atoms with Crippen LogP contribution in [0, 0.1) is 6.92 Å². The summed E-state index contributed by atoms with van der Waals surface area (Å²) in [6.07, 6.45) is 3.48. The van der Waals surface area contributed by atoms with Crippen LogP contribution in [0.25, 0.3) is 0 Å². The summed E-state index contributed by atoms with van der Waals surface area (Å²) in [6.45, 7) is 9.50. The molecule has 2 heterocycles. The molecule has 1 aromatic heterocycles. The molecule has 2 N–H and O–H groups in total. The molecule has 0 saturated carbocycles. The minimum atomic E-state index is 0.513. The second-order valence-corrected chi connectivity index (χ2v) is 6.47. The number of aliphatic imine (C=N–C) groups is 1. The maximum atomic E-state index is 5.11. The highest BCUT2D eigenvalue weighted by Gasteiger charge is 2.22. The van der Waals surface area contributed by atoms with Gasteiger partial charge in [-0.2, -0.15) is 0 Å². The summed E-state index contributed by atoms with van der Waals surface area (Å²) in [7, 11) is 3.69. The Morgan fingerprint density at radius 3 is 2.88 bits per heavy atom. The lowest BCUT2D eigenvalue weighted by Gasteiger charge is -2.24. The lowest BCUT2D eigenvalue weighted by atomic mass is 10.2. The number of hydrogen-bond acceptors (Lipinski definition) is 5. The standard InChI is InChI=1S/C17H33N7O/c1-5-24-10-6-8-15(24)12-19-17(18-9-7-11-25-4)20-13-16-22-21-14(2)23(16)3/h15H,5-13H2,1-4H3,(H2,18,19,20). The Morgan fingerprint density at radius 2 is 2.20 bits per heavy atom.